The summed E-state index contributed by atoms with van der Waals surface area (Å²) in [5.41, 5.74) is 1.27. The number of hydrogen-bond acceptors (Lipinski definition) is 1. The van der Waals surface area contributed by atoms with Gasteiger partial charge in [-0.3, -0.25) is 0 Å². The summed E-state index contributed by atoms with van der Waals surface area (Å²) in [5.74, 6) is 0. The highest BCUT2D eigenvalue weighted by Gasteiger charge is 2.26. The van der Waals surface area contributed by atoms with Crippen molar-refractivity contribution in [3.05, 3.63) is 53.0 Å². The molecular formula is C16H20BrNSi. The molecule has 1 nitrogen and oxygen atoms in total. The van der Waals surface area contributed by atoms with E-state index in [1.54, 1.807) is 0 Å². The molecule has 19 heavy (non-hydrogen) atoms. The average molecular weight is 334 g/mol. The van der Waals surface area contributed by atoms with E-state index in [-0.39, 0.29) is 0 Å². The summed E-state index contributed by atoms with van der Waals surface area (Å²) in [7, 11) is 2.58. The van der Waals surface area contributed by atoms with Crippen molar-refractivity contribution in [2.24, 2.45) is 0 Å². The van der Waals surface area contributed by atoms with Crippen molar-refractivity contribution in [1.29, 1.82) is 0 Å². The van der Waals surface area contributed by atoms with Crippen molar-refractivity contribution < 1.29 is 0 Å². The number of anilines is 1. The molecule has 0 aromatic heterocycles. The van der Waals surface area contributed by atoms with Crippen LogP contribution in [0.25, 0.3) is 0 Å². The summed E-state index contributed by atoms with van der Waals surface area (Å²) in [4.78, 5) is 2.16. The van der Waals surface area contributed by atoms with Gasteiger partial charge < -0.3 is 4.90 Å². The minimum Gasteiger partial charge on any atom is -0.378 e. The van der Waals surface area contributed by atoms with Crippen LogP contribution in [0.4, 0.5) is 5.69 Å². The van der Waals surface area contributed by atoms with Gasteiger partial charge in [-0.15, -0.1) is 0 Å². The Morgan fingerprint density at radius 2 is 1.53 bits per heavy atom. The van der Waals surface area contributed by atoms with Gasteiger partial charge in [-0.05, 0) is 24.3 Å². The summed E-state index contributed by atoms with van der Waals surface area (Å²) >= 11 is 3.51. The van der Waals surface area contributed by atoms with Gasteiger partial charge in [-0.1, -0.05) is 63.7 Å². The number of hydrogen-bond donors (Lipinski definition) is 0. The van der Waals surface area contributed by atoms with Gasteiger partial charge in [0.05, 0.1) is 0 Å². The Hall–Kier alpha value is -1.06. The van der Waals surface area contributed by atoms with Crippen LogP contribution in [-0.2, 0) is 0 Å². The molecule has 0 aliphatic heterocycles. The predicted molar refractivity (Wildman–Crippen MR) is 91.7 cm³/mol. The second-order valence-electron chi connectivity index (χ2n) is 5.58. The molecule has 0 unspecified atom stereocenters. The van der Waals surface area contributed by atoms with E-state index in [1.165, 1.54) is 16.1 Å². The normalized spacial score (nSPS) is 11.4. The van der Waals surface area contributed by atoms with Gasteiger partial charge in [-0.25, -0.2) is 0 Å². The molecule has 0 saturated carbocycles. The van der Waals surface area contributed by atoms with E-state index in [1.807, 2.05) is 0 Å². The van der Waals surface area contributed by atoms with Gasteiger partial charge in [-0.2, -0.15) is 0 Å². The van der Waals surface area contributed by atoms with Crippen LogP contribution < -0.4 is 15.3 Å². The topological polar surface area (TPSA) is 3.24 Å². The first-order valence-corrected chi connectivity index (χ1v) is 10.2. The maximum absolute atomic E-state index is 3.51. The van der Waals surface area contributed by atoms with E-state index in [9.17, 15) is 0 Å². The summed E-state index contributed by atoms with van der Waals surface area (Å²) in [6.45, 7) is 4.82. The van der Waals surface area contributed by atoms with Crippen molar-refractivity contribution in [3.63, 3.8) is 0 Å². The number of rotatable bonds is 3. The van der Waals surface area contributed by atoms with Crippen LogP contribution >= 0.6 is 15.9 Å². The third-order valence-corrected chi connectivity index (χ3v) is 7.71. The smallest absolute Gasteiger partial charge is 0.112 e. The maximum atomic E-state index is 3.51. The molecule has 0 radical (unpaired) electrons. The molecule has 0 atom stereocenters. The maximum Gasteiger partial charge on any atom is 0.112 e. The largest absolute Gasteiger partial charge is 0.378 e. The molecule has 0 N–H and O–H groups in total. The second-order valence-corrected chi connectivity index (χ2v) is 10.9. The third kappa shape index (κ3) is 3.10. The van der Waals surface area contributed by atoms with E-state index < -0.39 is 8.07 Å². The minimum atomic E-state index is -1.60. The Labute approximate surface area is 125 Å². The van der Waals surface area contributed by atoms with Crippen LogP contribution in [0.15, 0.2) is 53.0 Å². The van der Waals surface area contributed by atoms with Crippen LogP contribution in [0, 0.1) is 0 Å². The molecule has 0 fully saturated rings. The molecule has 100 valence electrons. The fourth-order valence-electron chi connectivity index (χ4n) is 2.21. The molecule has 0 amide bonds. The first kappa shape index (κ1) is 14.3. The Morgan fingerprint density at radius 1 is 0.895 bits per heavy atom. The monoisotopic (exact) mass is 333 g/mol. The van der Waals surface area contributed by atoms with E-state index in [0.29, 0.717) is 0 Å². The number of halogens is 1. The van der Waals surface area contributed by atoms with Gasteiger partial charge in [0.25, 0.3) is 0 Å². The van der Waals surface area contributed by atoms with Crippen molar-refractivity contribution in [2.75, 3.05) is 19.0 Å². The molecular weight excluding hydrogens is 314 g/mol. The zero-order valence-corrected chi connectivity index (χ0v) is 14.5. The fourth-order valence-corrected chi connectivity index (χ4v) is 4.83. The fraction of sp³-hybridized carbons (Fsp3) is 0.250. The highest BCUT2D eigenvalue weighted by Crippen LogP contribution is 2.13. The van der Waals surface area contributed by atoms with Crippen LogP contribution in [0.5, 0.6) is 0 Å². The lowest BCUT2D eigenvalue weighted by molar-refractivity contribution is 1.13. The van der Waals surface area contributed by atoms with Crippen LogP contribution in [0.1, 0.15) is 0 Å². The third-order valence-electron chi connectivity index (χ3n) is 3.65. The van der Waals surface area contributed by atoms with E-state index >= 15 is 0 Å². The summed E-state index contributed by atoms with van der Waals surface area (Å²) < 4.78 is 1.14. The van der Waals surface area contributed by atoms with Gasteiger partial charge in [0.15, 0.2) is 0 Å². The molecule has 0 aliphatic rings. The number of benzene rings is 2. The quantitative estimate of drug-likeness (QED) is 0.778. The Kier molecular flexibility index (Phi) is 4.16. The van der Waals surface area contributed by atoms with Crippen LogP contribution in [0.2, 0.25) is 13.1 Å². The van der Waals surface area contributed by atoms with Crippen molar-refractivity contribution >= 4 is 40.1 Å². The average Bonchev–Trinajstić information content (AvgIpc) is 2.39. The van der Waals surface area contributed by atoms with Gasteiger partial charge in [0.2, 0.25) is 0 Å². The molecule has 2 aromatic carbocycles. The lowest BCUT2D eigenvalue weighted by Gasteiger charge is -2.25. The van der Waals surface area contributed by atoms with Gasteiger partial charge in [0.1, 0.15) is 8.07 Å². The Balaban J connectivity index is 2.43. The molecule has 0 bridgehead atoms. The number of nitrogens with zero attached hydrogens (tertiary/aromatic N) is 1. The zero-order valence-electron chi connectivity index (χ0n) is 11.9. The SMILES string of the molecule is CN(C)c1cccc([Si](C)(C)c2ccc(Br)cc2)c1. The van der Waals surface area contributed by atoms with Crippen molar-refractivity contribution in [3.8, 4) is 0 Å². The Morgan fingerprint density at radius 3 is 2.11 bits per heavy atom. The lowest BCUT2D eigenvalue weighted by Crippen LogP contribution is -2.52. The van der Waals surface area contributed by atoms with Gasteiger partial charge in [0, 0.05) is 24.3 Å². The summed E-state index contributed by atoms with van der Waals surface area (Å²) in [6, 6.07) is 17.7. The van der Waals surface area contributed by atoms with E-state index in [4.69, 9.17) is 0 Å². The highest BCUT2D eigenvalue weighted by atomic mass is 79.9. The molecule has 2 rings (SSSR count). The van der Waals surface area contributed by atoms with Crippen molar-refractivity contribution in [2.45, 2.75) is 13.1 Å². The molecule has 3 heteroatoms. The highest BCUT2D eigenvalue weighted by molar-refractivity contribution is 9.10. The molecule has 2 aromatic rings. The predicted octanol–water partition coefficient (Wildman–Crippen LogP) is 3.34. The first-order valence-electron chi connectivity index (χ1n) is 6.45. The molecule has 0 saturated heterocycles. The lowest BCUT2D eigenvalue weighted by atomic mass is 10.3. The second kappa shape index (κ2) is 5.51. The molecule has 0 spiro atoms. The zero-order chi connectivity index (χ0) is 14.0. The van der Waals surface area contributed by atoms with Crippen molar-refractivity contribution in [1.82, 2.24) is 0 Å². The standard InChI is InChI=1S/C16H20BrNSi/c1-18(2)14-6-5-7-16(12-14)19(3,4)15-10-8-13(17)9-11-15/h5-12H,1-4H3. The summed E-state index contributed by atoms with van der Waals surface area (Å²) in [6.07, 6.45) is 0. The van der Waals surface area contributed by atoms with E-state index in [0.717, 1.165) is 4.47 Å². The Bertz CT molecular complexity index is 561. The van der Waals surface area contributed by atoms with E-state index in [2.05, 4.69) is 96.6 Å². The van der Waals surface area contributed by atoms with Crippen LogP contribution in [0.3, 0.4) is 0 Å². The first-order chi connectivity index (χ1) is 8.91. The van der Waals surface area contributed by atoms with Gasteiger partial charge >= 0.3 is 0 Å². The minimum absolute atomic E-state index is 1.14. The molecule has 0 aliphatic carbocycles. The summed E-state index contributed by atoms with van der Waals surface area (Å²) in [5, 5.41) is 2.94. The molecule has 0 heterocycles. The van der Waals surface area contributed by atoms with Crippen LogP contribution in [-0.4, -0.2) is 22.2 Å².